The van der Waals surface area contributed by atoms with Crippen molar-refractivity contribution in [3.05, 3.63) is 71.7 Å². The molecule has 3 rings (SSSR count). The van der Waals surface area contributed by atoms with E-state index in [1.165, 1.54) is 30.5 Å². The molecule has 1 atom stereocenters. The van der Waals surface area contributed by atoms with Crippen molar-refractivity contribution in [1.82, 2.24) is 9.97 Å². The van der Waals surface area contributed by atoms with Gasteiger partial charge in [0.15, 0.2) is 0 Å². The number of aliphatic hydroxyl groups is 1. The van der Waals surface area contributed by atoms with Gasteiger partial charge in [-0.3, -0.25) is 0 Å². The lowest BCUT2D eigenvalue weighted by atomic mass is 10.1. The number of aryl methyl sites for hydroxylation is 2. The number of halogens is 1. The maximum atomic E-state index is 13.0. The smallest absolute Gasteiger partial charge is 0.226 e. The van der Waals surface area contributed by atoms with Crippen molar-refractivity contribution in [3.8, 4) is 17.4 Å². The Kier molecular flexibility index (Phi) is 6.39. The van der Waals surface area contributed by atoms with Gasteiger partial charge in [0.1, 0.15) is 30.0 Å². The highest BCUT2D eigenvalue weighted by molar-refractivity contribution is 5.39. The third kappa shape index (κ3) is 5.40. The first-order valence-corrected chi connectivity index (χ1v) is 8.88. The van der Waals surface area contributed by atoms with Gasteiger partial charge in [0.25, 0.3) is 0 Å². The second-order valence-electron chi connectivity index (χ2n) is 6.34. The van der Waals surface area contributed by atoms with Crippen LogP contribution in [0.3, 0.4) is 0 Å². The van der Waals surface area contributed by atoms with Gasteiger partial charge in [-0.2, -0.15) is 4.98 Å². The first-order valence-electron chi connectivity index (χ1n) is 8.88. The molecular weight excluding hydrogens is 361 g/mol. The second kappa shape index (κ2) is 9.14. The van der Waals surface area contributed by atoms with Gasteiger partial charge in [0.05, 0.1) is 0 Å². The zero-order valence-corrected chi connectivity index (χ0v) is 15.7. The van der Waals surface area contributed by atoms with Crippen LogP contribution in [0.15, 0.2) is 54.7 Å². The first-order chi connectivity index (χ1) is 13.5. The molecule has 1 unspecified atom stereocenters. The molecule has 0 spiro atoms. The topological polar surface area (TPSA) is 76.5 Å². The van der Waals surface area contributed by atoms with Crippen LogP contribution in [-0.4, -0.2) is 34.3 Å². The van der Waals surface area contributed by atoms with E-state index in [0.717, 1.165) is 16.9 Å². The van der Waals surface area contributed by atoms with E-state index in [2.05, 4.69) is 15.3 Å². The Morgan fingerprint density at radius 1 is 1.07 bits per heavy atom. The molecule has 0 aliphatic carbocycles. The minimum absolute atomic E-state index is 0.143. The maximum Gasteiger partial charge on any atom is 0.226 e. The molecule has 2 aromatic carbocycles. The molecule has 0 radical (unpaired) electrons. The van der Waals surface area contributed by atoms with E-state index in [9.17, 15) is 9.50 Å². The second-order valence-corrected chi connectivity index (χ2v) is 6.34. The lowest BCUT2D eigenvalue weighted by Gasteiger charge is -2.16. The minimum atomic E-state index is -0.746. The van der Waals surface area contributed by atoms with E-state index in [-0.39, 0.29) is 19.0 Å². The molecule has 146 valence electrons. The van der Waals surface area contributed by atoms with Gasteiger partial charge in [-0.25, -0.2) is 9.37 Å². The molecule has 28 heavy (non-hydrogen) atoms. The number of ether oxygens (including phenoxy) is 2. The van der Waals surface area contributed by atoms with Crippen LogP contribution in [-0.2, 0) is 0 Å². The fraction of sp³-hybridized carbons (Fsp3) is 0.238. The summed E-state index contributed by atoms with van der Waals surface area (Å²) < 4.78 is 24.3. The van der Waals surface area contributed by atoms with Crippen LogP contribution in [0.2, 0.25) is 0 Å². The van der Waals surface area contributed by atoms with Crippen molar-refractivity contribution in [1.29, 1.82) is 0 Å². The number of rotatable bonds is 8. The molecule has 0 aliphatic rings. The Bertz CT molecular complexity index is 899. The molecule has 6 nitrogen and oxygen atoms in total. The highest BCUT2D eigenvalue weighted by Gasteiger charge is 2.10. The highest BCUT2D eigenvalue weighted by atomic mass is 19.1. The number of nitrogens with one attached hydrogen (secondary N) is 1. The van der Waals surface area contributed by atoms with Crippen LogP contribution < -0.4 is 14.8 Å². The molecule has 0 saturated heterocycles. The number of anilines is 1. The van der Waals surface area contributed by atoms with Gasteiger partial charge >= 0.3 is 0 Å². The van der Waals surface area contributed by atoms with Gasteiger partial charge in [0, 0.05) is 18.8 Å². The normalized spacial score (nSPS) is 11.7. The Hall–Kier alpha value is -3.19. The monoisotopic (exact) mass is 383 g/mol. The Morgan fingerprint density at radius 3 is 2.50 bits per heavy atom. The lowest BCUT2D eigenvalue weighted by Crippen LogP contribution is -2.27. The molecule has 0 fully saturated rings. The van der Waals surface area contributed by atoms with E-state index in [4.69, 9.17) is 9.47 Å². The van der Waals surface area contributed by atoms with Crippen LogP contribution in [0, 0.1) is 19.7 Å². The number of hydrogen-bond acceptors (Lipinski definition) is 6. The number of nitrogens with zero attached hydrogens (tertiary/aromatic N) is 2. The molecule has 7 heteroatoms. The van der Waals surface area contributed by atoms with Crippen LogP contribution in [0.1, 0.15) is 11.1 Å². The summed E-state index contributed by atoms with van der Waals surface area (Å²) in [6, 6.07) is 13.1. The Labute approximate surface area is 163 Å². The minimum Gasteiger partial charge on any atom is -0.490 e. The molecule has 1 aromatic heterocycles. The van der Waals surface area contributed by atoms with Gasteiger partial charge in [-0.15, -0.1) is 0 Å². The van der Waals surface area contributed by atoms with Crippen LogP contribution >= 0.6 is 0 Å². The number of benzene rings is 2. The van der Waals surface area contributed by atoms with Crippen molar-refractivity contribution in [2.45, 2.75) is 20.0 Å². The molecule has 0 aliphatic heterocycles. The summed E-state index contributed by atoms with van der Waals surface area (Å²) in [6.07, 6.45) is 0.789. The van der Waals surface area contributed by atoms with E-state index in [0.29, 0.717) is 17.6 Å². The molecule has 3 aromatic rings. The van der Waals surface area contributed by atoms with Gasteiger partial charge in [-0.05, 0) is 49.2 Å². The van der Waals surface area contributed by atoms with Gasteiger partial charge in [-0.1, -0.05) is 18.2 Å². The molecule has 0 bridgehead atoms. The van der Waals surface area contributed by atoms with Crippen molar-refractivity contribution >= 4 is 5.95 Å². The van der Waals surface area contributed by atoms with Crippen molar-refractivity contribution in [2.75, 3.05) is 18.5 Å². The summed E-state index contributed by atoms with van der Waals surface area (Å²) >= 11 is 0. The van der Waals surface area contributed by atoms with Crippen LogP contribution in [0.25, 0.3) is 0 Å². The third-order valence-electron chi connectivity index (χ3n) is 3.99. The van der Waals surface area contributed by atoms with E-state index >= 15 is 0 Å². The van der Waals surface area contributed by atoms with Crippen LogP contribution in [0.5, 0.6) is 17.4 Å². The number of aromatic nitrogens is 2. The number of aliphatic hydroxyl groups excluding tert-OH is 1. The van der Waals surface area contributed by atoms with E-state index < -0.39 is 6.10 Å². The van der Waals surface area contributed by atoms with Crippen molar-refractivity contribution < 1.29 is 19.0 Å². The standard InChI is InChI=1S/C21H22FN3O3/c1-14-4-3-5-15(2)20(14)27-13-17(26)12-24-21-23-11-10-19(25-21)28-18-8-6-16(22)7-9-18/h3-11,17,26H,12-13H2,1-2H3,(H,23,24,25). The SMILES string of the molecule is Cc1cccc(C)c1OCC(O)CNc1nccc(Oc2ccc(F)cc2)n1. The highest BCUT2D eigenvalue weighted by Crippen LogP contribution is 2.22. The largest absolute Gasteiger partial charge is 0.490 e. The zero-order chi connectivity index (χ0) is 19.9. The third-order valence-corrected chi connectivity index (χ3v) is 3.99. The molecule has 0 saturated carbocycles. The summed E-state index contributed by atoms with van der Waals surface area (Å²) in [5.74, 6) is 1.53. The Morgan fingerprint density at radius 2 is 1.79 bits per heavy atom. The first kappa shape index (κ1) is 19.6. The Balaban J connectivity index is 1.52. The molecule has 1 heterocycles. The van der Waals surface area contributed by atoms with Gasteiger partial charge in [0.2, 0.25) is 11.8 Å². The average molecular weight is 383 g/mol. The molecule has 2 N–H and O–H groups in total. The summed E-state index contributed by atoms with van der Waals surface area (Å²) in [6.45, 7) is 4.29. The molecule has 0 amide bonds. The fourth-order valence-corrected chi connectivity index (χ4v) is 2.58. The fourth-order valence-electron chi connectivity index (χ4n) is 2.58. The maximum absolute atomic E-state index is 13.0. The average Bonchev–Trinajstić information content (AvgIpc) is 2.68. The number of hydrogen-bond donors (Lipinski definition) is 2. The van der Waals surface area contributed by atoms with Crippen molar-refractivity contribution in [2.24, 2.45) is 0 Å². The quantitative estimate of drug-likeness (QED) is 0.615. The van der Waals surface area contributed by atoms with Gasteiger partial charge < -0.3 is 19.9 Å². The van der Waals surface area contributed by atoms with Crippen molar-refractivity contribution in [3.63, 3.8) is 0 Å². The van der Waals surface area contributed by atoms with E-state index in [1.54, 1.807) is 6.07 Å². The predicted molar refractivity (Wildman–Crippen MR) is 104 cm³/mol. The zero-order valence-electron chi connectivity index (χ0n) is 15.7. The summed E-state index contributed by atoms with van der Waals surface area (Å²) in [4.78, 5) is 8.32. The lowest BCUT2D eigenvalue weighted by molar-refractivity contribution is 0.116. The van der Waals surface area contributed by atoms with E-state index in [1.807, 2.05) is 32.0 Å². The molecular formula is C21H22FN3O3. The van der Waals surface area contributed by atoms with Crippen LogP contribution in [0.4, 0.5) is 10.3 Å². The predicted octanol–water partition coefficient (Wildman–Crippen LogP) is 3.88. The summed E-state index contributed by atoms with van der Waals surface area (Å²) in [5.41, 5.74) is 2.04. The summed E-state index contributed by atoms with van der Waals surface area (Å²) in [5, 5.41) is 13.1. The number of para-hydroxylation sites is 1. The summed E-state index contributed by atoms with van der Waals surface area (Å²) in [7, 11) is 0.